The summed E-state index contributed by atoms with van der Waals surface area (Å²) in [7, 11) is 0. The van der Waals surface area contributed by atoms with Gasteiger partial charge in [0, 0.05) is 23.9 Å². The van der Waals surface area contributed by atoms with E-state index in [0.29, 0.717) is 5.69 Å². The van der Waals surface area contributed by atoms with E-state index in [4.69, 9.17) is 10.2 Å². The first-order chi connectivity index (χ1) is 8.90. The highest BCUT2D eigenvalue weighted by Crippen LogP contribution is 2.04. The second-order valence-corrected chi connectivity index (χ2v) is 3.98. The van der Waals surface area contributed by atoms with Gasteiger partial charge in [0.15, 0.2) is 0 Å². The third-order valence-corrected chi connectivity index (χ3v) is 2.41. The summed E-state index contributed by atoms with van der Waals surface area (Å²) in [5, 5.41) is 19.7. The van der Waals surface area contributed by atoms with Crippen LogP contribution in [0.2, 0.25) is 0 Å². The molecule has 3 N–H and O–H groups in total. The smallest absolute Gasteiger partial charge is 0.326 e. The monoisotopic (exact) mass is 266 g/mol. The van der Waals surface area contributed by atoms with E-state index >= 15 is 0 Å². The van der Waals surface area contributed by atoms with Crippen LogP contribution in [0.5, 0.6) is 0 Å². The number of aliphatic carboxylic acids is 2. The second kappa shape index (κ2) is 6.48. The van der Waals surface area contributed by atoms with Crippen molar-refractivity contribution in [2.45, 2.75) is 25.8 Å². The van der Waals surface area contributed by atoms with E-state index in [0.717, 1.165) is 0 Å². The summed E-state index contributed by atoms with van der Waals surface area (Å²) in [6.45, 7) is 1.70. The van der Waals surface area contributed by atoms with Crippen LogP contribution >= 0.6 is 0 Å². The van der Waals surface area contributed by atoms with E-state index in [9.17, 15) is 14.4 Å². The molecular formula is C12H14N2O5. The fourth-order valence-corrected chi connectivity index (χ4v) is 1.45. The molecule has 1 heterocycles. The number of carboxylic acid groups (broad SMARTS) is 2. The molecule has 19 heavy (non-hydrogen) atoms. The van der Waals surface area contributed by atoms with Crippen molar-refractivity contribution >= 4 is 17.8 Å². The number of amides is 1. The SMILES string of the molecule is Cc1cc(C(=O)N[C@@H](CCC(=O)O)C(=O)O)ccn1. The Bertz CT molecular complexity index is 501. The molecule has 0 unspecified atom stereocenters. The summed E-state index contributed by atoms with van der Waals surface area (Å²) in [5.41, 5.74) is 0.916. The number of nitrogens with zero attached hydrogens (tertiary/aromatic N) is 1. The van der Waals surface area contributed by atoms with Gasteiger partial charge < -0.3 is 15.5 Å². The molecule has 1 rings (SSSR count). The van der Waals surface area contributed by atoms with Crippen LogP contribution in [0.1, 0.15) is 28.9 Å². The maximum absolute atomic E-state index is 11.8. The predicted molar refractivity (Wildman–Crippen MR) is 64.7 cm³/mol. The quantitative estimate of drug-likeness (QED) is 0.687. The van der Waals surface area contributed by atoms with Crippen molar-refractivity contribution in [3.63, 3.8) is 0 Å². The van der Waals surface area contributed by atoms with Crippen molar-refractivity contribution in [2.75, 3.05) is 0 Å². The number of rotatable bonds is 6. The fourth-order valence-electron chi connectivity index (χ4n) is 1.45. The van der Waals surface area contributed by atoms with Crippen molar-refractivity contribution in [2.24, 2.45) is 0 Å². The number of aryl methyl sites for hydroxylation is 1. The molecule has 0 fully saturated rings. The first kappa shape index (κ1) is 14.6. The van der Waals surface area contributed by atoms with Crippen molar-refractivity contribution < 1.29 is 24.6 Å². The van der Waals surface area contributed by atoms with Gasteiger partial charge in [0.1, 0.15) is 6.04 Å². The Labute approximate surface area is 109 Å². The molecule has 7 heteroatoms. The number of nitrogens with one attached hydrogen (secondary N) is 1. The topological polar surface area (TPSA) is 117 Å². The molecule has 1 atom stereocenters. The zero-order valence-electron chi connectivity index (χ0n) is 10.3. The van der Waals surface area contributed by atoms with Gasteiger partial charge in [-0.1, -0.05) is 0 Å². The minimum Gasteiger partial charge on any atom is -0.481 e. The molecule has 0 saturated carbocycles. The molecule has 0 aliphatic heterocycles. The minimum absolute atomic E-state index is 0.166. The average Bonchev–Trinajstić information content (AvgIpc) is 2.33. The van der Waals surface area contributed by atoms with Gasteiger partial charge in [-0.05, 0) is 25.5 Å². The number of pyridine rings is 1. The van der Waals surface area contributed by atoms with Gasteiger partial charge in [-0.15, -0.1) is 0 Å². The Morgan fingerprint density at radius 3 is 2.58 bits per heavy atom. The highest BCUT2D eigenvalue weighted by molar-refractivity contribution is 5.96. The lowest BCUT2D eigenvalue weighted by Gasteiger charge is -2.13. The lowest BCUT2D eigenvalue weighted by Crippen LogP contribution is -2.41. The molecule has 0 aromatic carbocycles. The largest absolute Gasteiger partial charge is 0.481 e. The number of carbonyl (C=O) groups is 3. The Hall–Kier alpha value is -2.44. The van der Waals surface area contributed by atoms with E-state index in [2.05, 4.69) is 10.3 Å². The van der Waals surface area contributed by atoms with Gasteiger partial charge in [0.2, 0.25) is 0 Å². The van der Waals surface area contributed by atoms with Crippen LogP contribution in [-0.2, 0) is 9.59 Å². The highest BCUT2D eigenvalue weighted by atomic mass is 16.4. The van der Waals surface area contributed by atoms with Crippen LogP contribution in [0.4, 0.5) is 0 Å². The summed E-state index contributed by atoms with van der Waals surface area (Å²) in [6, 6.07) is 1.75. The molecule has 0 bridgehead atoms. The number of hydrogen-bond donors (Lipinski definition) is 3. The van der Waals surface area contributed by atoms with E-state index < -0.39 is 23.9 Å². The van der Waals surface area contributed by atoms with Crippen molar-refractivity contribution in [3.8, 4) is 0 Å². The van der Waals surface area contributed by atoms with E-state index in [1.54, 1.807) is 6.92 Å². The summed E-state index contributed by atoms with van der Waals surface area (Å²) in [4.78, 5) is 37.1. The van der Waals surface area contributed by atoms with E-state index in [-0.39, 0.29) is 18.4 Å². The molecule has 1 amide bonds. The Balaban J connectivity index is 2.71. The van der Waals surface area contributed by atoms with Gasteiger partial charge >= 0.3 is 11.9 Å². The molecule has 0 saturated heterocycles. The first-order valence-electron chi connectivity index (χ1n) is 5.58. The van der Waals surface area contributed by atoms with Crippen LogP contribution in [-0.4, -0.2) is 39.1 Å². The van der Waals surface area contributed by atoms with E-state index in [1.807, 2.05) is 0 Å². The van der Waals surface area contributed by atoms with Crippen molar-refractivity contribution in [1.29, 1.82) is 0 Å². The maximum Gasteiger partial charge on any atom is 0.326 e. The molecule has 1 aromatic heterocycles. The van der Waals surface area contributed by atoms with Crippen LogP contribution in [0.25, 0.3) is 0 Å². The zero-order chi connectivity index (χ0) is 14.4. The summed E-state index contributed by atoms with van der Waals surface area (Å²) < 4.78 is 0. The lowest BCUT2D eigenvalue weighted by molar-refractivity contribution is -0.140. The van der Waals surface area contributed by atoms with Crippen LogP contribution in [0.15, 0.2) is 18.3 Å². The maximum atomic E-state index is 11.8. The highest BCUT2D eigenvalue weighted by Gasteiger charge is 2.21. The zero-order valence-corrected chi connectivity index (χ0v) is 10.3. The third kappa shape index (κ3) is 4.74. The third-order valence-electron chi connectivity index (χ3n) is 2.41. The van der Waals surface area contributed by atoms with Crippen molar-refractivity contribution in [3.05, 3.63) is 29.6 Å². The molecule has 0 aliphatic carbocycles. The normalized spacial score (nSPS) is 11.6. The molecule has 0 spiro atoms. The van der Waals surface area contributed by atoms with Gasteiger partial charge in [0.05, 0.1) is 0 Å². The van der Waals surface area contributed by atoms with E-state index in [1.165, 1.54) is 18.3 Å². The molecule has 7 nitrogen and oxygen atoms in total. The second-order valence-electron chi connectivity index (χ2n) is 3.98. The molecule has 1 aromatic rings. The lowest BCUT2D eigenvalue weighted by atomic mass is 10.1. The Morgan fingerprint density at radius 2 is 2.05 bits per heavy atom. The van der Waals surface area contributed by atoms with Crippen LogP contribution in [0, 0.1) is 6.92 Å². The minimum atomic E-state index is -1.26. The number of carbonyl (C=O) groups excluding carboxylic acids is 1. The fraction of sp³-hybridized carbons (Fsp3) is 0.333. The molecular weight excluding hydrogens is 252 g/mol. The summed E-state index contributed by atoms with van der Waals surface area (Å²) in [5.74, 6) is -2.94. The Morgan fingerprint density at radius 1 is 1.37 bits per heavy atom. The van der Waals surface area contributed by atoms with Gasteiger partial charge in [-0.25, -0.2) is 4.79 Å². The number of carboxylic acids is 2. The Kier molecular flexibility index (Phi) is 4.99. The molecule has 0 radical (unpaired) electrons. The van der Waals surface area contributed by atoms with Crippen molar-refractivity contribution in [1.82, 2.24) is 10.3 Å². The van der Waals surface area contributed by atoms with Crippen LogP contribution in [0.3, 0.4) is 0 Å². The van der Waals surface area contributed by atoms with Crippen LogP contribution < -0.4 is 5.32 Å². The van der Waals surface area contributed by atoms with Gasteiger partial charge in [-0.3, -0.25) is 14.6 Å². The number of hydrogen-bond acceptors (Lipinski definition) is 4. The molecule has 102 valence electrons. The summed E-state index contributed by atoms with van der Waals surface area (Å²) >= 11 is 0. The predicted octanol–water partition coefficient (Wildman–Crippen LogP) is 0.438. The van der Waals surface area contributed by atoms with Gasteiger partial charge in [0.25, 0.3) is 5.91 Å². The summed E-state index contributed by atoms with van der Waals surface area (Å²) in [6.07, 6.45) is 0.949. The first-order valence-corrected chi connectivity index (χ1v) is 5.58. The van der Waals surface area contributed by atoms with Gasteiger partial charge in [-0.2, -0.15) is 0 Å². The standard InChI is InChI=1S/C12H14N2O5/c1-7-6-8(4-5-13-7)11(17)14-9(12(18)19)2-3-10(15)16/h4-6,9H,2-3H2,1H3,(H,14,17)(H,15,16)(H,18,19)/t9-/m0/s1. The average molecular weight is 266 g/mol. The molecule has 0 aliphatic rings. The number of aromatic nitrogens is 1.